The van der Waals surface area contributed by atoms with Gasteiger partial charge in [0.1, 0.15) is 5.75 Å². The van der Waals surface area contributed by atoms with Gasteiger partial charge in [0.05, 0.1) is 10.6 Å². The molecule has 0 saturated heterocycles. The van der Waals surface area contributed by atoms with E-state index in [1.54, 1.807) is 60.7 Å². The number of benzene rings is 3. The number of carbonyl (C=O) groups excluding carboxylic acids is 2. The van der Waals surface area contributed by atoms with E-state index in [2.05, 4.69) is 0 Å². The maximum Gasteiger partial charge on any atom is 0.345 e. The molecule has 0 aliphatic carbocycles. The van der Waals surface area contributed by atoms with Gasteiger partial charge < -0.3 is 4.74 Å². The lowest BCUT2D eigenvalue weighted by Crippen LogP contribution is -2.09. The second-order valence-electron chi connectivity index (χ2n) is 5.51. The molecule has 3 aromatic rings. The molecule has 3 nitrogen and oxygen atoms in total. The average molecular weight is 363 g/mol. The van der Waals surface area contributed by atoms with E-state index in [4.69, 9.17) is 16.3 Å². The Labute approximate surface area is 156 Å². The lowest BCUT2D eigenvalue weighted by Gasteiger charge is -2.06. The minimum atomic E-state index is -0.530. The summed E-state index contributed by atoms with van der Waals surface area (Å²) in [5.74, 6) is -0.245. The van der Waals surface area contributed by atoms with Crippen LogP contribution in [0.4, 0.5) is 0 Å². The van der Waals surface area contributed by atoms with E-state index in [-0.39, 0.29) is 5.78 Å². The SMILES string of the molecule is O=C(/C=C/c1cccc(OC(=O)c2ccccc2Cl)c1)c1ccccc1. The molecule has 0 aliphatic heterocycles. The Kier molecular flexibility index (Phi) is 5.62. The summed E-state index contributed by atoms with van der Waals surface area (Å²) in [7, 11) is 0. The second-order valence-corrected chi connectivity index (χ2v) is 5.91. The number of carbonyl (C=O) groups is 2. The van der Waals surface area contributed by atoms with Crippen LogP contribution in [-0.2, 0) is 0 Å². The number of hydrogen-bond donors (Lipinski definition) is 0. The van der Waals surface area contributed by atoms with Crippen LogP contribution in [0.1, 0.15) is 26.3 Å². The summed E-state index contributed by atoms with van der Waals surface area (Å²) in [4.78, 5) is 24.3. The number of ether oxygens (including phenoxy) is 1. The third kappa shape index (κ3) is 4.47. The molecule has 0 saturated carbocycles. The van der Waals surface area contributed by atoms with E-state index in [1.807, 2.05) is 24.3 Å². The Bertz CT molecular complexity index is 962. The Balaban J connectivity index is 1.72. The smallest absolute Gasteiger partial charge is 0.345 e. The number of hydrogen-bond acceptors (Lipinski definition) is 3. The fourth-order valence-electron chi connectivity index (χ4n) is 2.34. The molecule has 3 aromatic carbocycles. The molecule has 0 aliphatic rings. The summed E-state index contributed by atoms with van der Waals surface area (Å²) in [5.41, 5.74) is 1.66. The van der Waals surface area contributed by atoms with Crippen LogP contribution < -0.4 is 4.74 Å². The largest absolute Gasteiger partial charge is 0.423 e. The van der Waals surface area contributed by atoms with Gasteiger partial charge >= 0.3 is 5.97 Å². The van der Waals surface area contributed by atoms with Gasteiger partial charge in [0.2, 0.25) is 0 Å². The van der Waals surface area contributed by atoms with Crippen LogP contribution in [0.15, 0.2) is 84.9 Å². The van der Waals surface area contributed by atoms with Gasteiger partial charge in [0, 0.05) is 5.56 Å². The molecule has 0 radical (unpaired) electrons. The molecule has 0 aromatic heterocycles. The molecule has 0 fully saturated rings. The van der Waals surface area contributed by atoms with Crippen molar-refractivity contribution in [3.8, 4) is 5.75 Å². The highest BCUT2D eigenvalue weighted by Gasteiger charge is 2.12. The van der Waals surface area contributed by atoms with Crippen molar-refractivity contribution < 1.29 is 14.3 Å². The second kappa shape index (κ2) is 8.28. The van der Waals surface area contributed by atoms with Crippen LogP contribution in [-0.4, -0.2) is 11.8 Å². The van der Waals surface area contributed by atoms with Gasteiger partial charge in [-0.2, -0.15) is 0 Å². The number of rotatable bonds is 5. The van der Waals surface area contributed by atoms with Crippen molar-refractivity contribution in [2.45, 2.75) is 0 Å². The van der Waals surface area contributed by atoms with Crippen LogP contribution >= 0.6 is 11.6 Å². The van der Waals surface area contributed by atoms with Crippen molar-refractivity contribution in [2.75, 3.05) is 0 Å². The molecule has 128 valence electrons. The molecule has 3 rings (SSSR count). The van der Waals surface area contributed by atoms with Gasteiger partial charge in [-0.3, -0.25) is 4.79 Å². The van der Waals surface area contributed by atoms with Crippen molar-refractivity contribution in [3.63, 3.8) is 0 Å². The molecule has 0 unspecified atom stereocenters. The fourth-order valence-corrected chi connectivity index (χ4v) is 2.55. The van der Waals surface area contributed by atoms with Crippen molar-refractivity contribution in [1.82, 2.24) is 0 Å². The zero-order valence-corrected chi connectivity index (χ0v) is 14.5. The zero-order chi connectivity index (χ0) is 18.4. The van der Waals surface area contributed by atoms with Gasteiger partial charge in [0.15, 0.2) is 5.78 Å². The van der Waals surface area contributed by atoms with Crippen molar-refractivity contribution in [3.05, 3.63) is 107 Å². The van der Waals surface area contributed by atoms with Crippen molar-refractivity contribution in [1.29, 1.82) is 0 Å². The van der Waals surface area contributed by atoms with Gasteiger partial charge in [0.25, 0.3) is 0 Å². The average Bonchev–Trinajstić information content (AvgIpc) is 2.67. The van der Waals surface area contributed by atoms with Crippen molar-refractivity contribution in [2.24, 2.45) is 0 Å². The summed E-state index contributed by atoms with van der Waals surface area (Å²) < 4.78 is 5.37. The molecule has 0 heterocycles. The third-order valence-electron chi connectivity index (χ3n) is 3.65. The first kappa shape index (κ1) is 17.6. The summed E-state index contributed by atoms with van der Waals surface area (Å²) in [6, 6.07) is 22.6. The fraction of sp³-hybridized carbons (Fsp3) is 0. The van der Waals surface area contributed by atoms with Crippen LogP contribution in [0.25, 0.3) is 6.08 Å². The maximum absolute atomic E-state index is 12.2. The van der Waals surface area contributed by atoms with Crippen molar-refractivity contribution >= 4 is 29.4 Å². The van der Waals surface area contributed by atoms with E-state index < -0.39 is 5.97 Å². The Morgan fingerprint density at radius 1 is 0.846 bits per heavy atom. The molecule has 0 atom stereocenters. The Hall–Kier alpha value is -3.17. The van der Waals surface area contributed by atoms with Gasteiger partial charge in [-0.05, 0) is 35.9 Å². The van der Waals surface area contributed by atoms with Crippen LogP contribution in [0.2, 0.25) is 5.02 Å². The zero-order valence-electron chi connectivity index (χ0n) is 13.8. The van der Waals surface area contributed by atoms with E-state index in [9.17, 15) is 9.59 Å². The standard InChI is InChI=1S/C22H15ClO3/c23-20-12-5-4-11-19(20)22(25)26-18-10-6-7-16(15-18)13-14-21(24)17-8-2-1-3-9-17/h1-15H/b14-13+. The molecule has 0 bridgehead atoms. The van der Waals surface area contributed by atoms with E-state index in [0.717, 1.165) is 5.56 Å². The first-order chi connectivity index (χ1) is 12.6. The lowest BCUT2D eigenvalue weighted by molar-refractivity contribution is 0.0734. The minimum absolute atomic E-state index is 0.0935. The van der Waals surface area contributed by atoms with Gasteiger partial charge in [-0.25, -0.2) is 4.79 Å². The van der Waals surface area contributed by atoms with Crippen LogP contribution in [0, 0.1) is 0 Å². The molecule has 4 heteroatoms. The molecular formula is C22H15ClO3. The monoisotopic (exact) mass is 362 g/mol. The molecule has 26 heavy (non-hydrogen) atoms. The van der Waals surface area contributed by atoms with Crippen LogP contribution in [0.5, 0.6) is 5.75 Å². The van der Waals surface area contributed by atoms with Crippen LogP contribution in [0.3, 0.4) is 0 Å². The predicted molar refractivity (Wildman–Crippen MR) is 103 cm³/mol. The Morgan fingerprint density at radius 3 is 2.35 bits per heavy atom. The first-order valence-corrected chi connectivity index (χ1v) is 8.35. The highest BCUT2D eigenvalue weighted by Crippen LogP contribution is 2.20. The van der Waals surface area contributed by atoms with E-state index in [0.29, 0.717) is 21.9 Å². The van der Waals surface area contributed by atoms with Gasteiger partial charge in [-0.15, -0.1) is 0 Å². The summed E-state index contributed by atoms with van der Waals surface area (Å²) in [5, 5.41) is 0.335. The normalized spacial score (nSPS) is 10.7. The summed E-state index contributed by atoms with van der Waals surface area (Å²) in [6.45, 7) is 0. The number of esters is 1. The number of halogens is 1. The van der Waals surface area contributed by atoms with E-state index in [1.165, 1.54) is 6.08 Å². The predicted octanol–water partition coefficient (Wildman–Crippen LogP) is 5.46. The minimum Gasteiger partial charge on any atom is -0.423 e. The highest BCUT2D eigenvalue weighted by atomic mass is 35.5. The molecule has 0 N–H and O–H groups in total. The first-order valence-electron chi connectivity index (χ1n) is 7.98. The quantitative estimate of drug-likeness (QED) is 0.262. The van der Waals surface area contributed by atoms with Gasteiger partial charge in [-0.1, -0.05) is 72.3 Å². The lowest BCUT2D eigenvalue weighted by atomic mass is 10.1. The Morgan fingerprint density at radius 2 is 1.58 bits per heavy atom. The molecule has 0 spiro atoms. The highest BCUT2D eigenvalue weighted by molar-refractivity contribution is 6.33. The number of allylic oxidation sites excluding steroid dienone is 1. The topological polar surface area (TPSA) is 43.4 Å². The number of ketones is 1. The van der Waals surface area contributed by atoms with E-state index >= 15 is 0 Å². The maximum atomic E-state index is 12.2. The summed E-state index contributed by atoms with van der Waals surface area (Å²) >= 11 is 6.01. The molecular weight excluding hydrogens is 348 g/mol. The molecule has 0 amide bonds. The summed E-state index contributed by atoms with van der Waals surface area (Å²) in [6.07, 6.45) is 3.17. The third-order valence-corrected chi connectivity index (χ3v) is 3.98.